The summed E-state index contributed by atoms with van der Waals surface area (Å²) in [6.07, 6.45) is 0. The Kier molecular flexibility index (Phi) is 2.53. The Bertz CT molecular complexity index is 219. The van der Waals surface area contributed by atoms with E-state index in [4.69, 9.17) is 0 Å². The van der Waals surface area contributed by atoms with E-state index in [1.165, 1.54) is 0 Å². The zero-order valence-corrected chi connectivity index (χ0v) is 7.07. The Morgan fingerprint density at radius 3 is 2.82 bits per heavy atom. The average Bonchev–Trinajstić information content (AvgIpc) is 2.36. The minimum absolute atomic E-state index is 0.361. The van der Waals surface area contributed by atoms with Crippen LogP contribution in [0.2, 0.25) is 0 Å². The van der Waals surface area contributed by atoms with Crippen LogP contribution in [-0.2, 0) is 7.05 Å². The molecule has 1 rings (SSSR count). The van der Waals surface area contributed by atoms with Gasteiger partial charge < -0.3 is 5.32 Å². The lowest BCUT2D eigenvalue weighted by Crippen LogP contribution is -2.17. The predicted molar refractivity (Wildman–Crippen MR) is 41.1 cm³/mol. The monoisotopic (exact) mass is 155 g/mol. The number of nitrogens with one attached hydrogen (secondary N) is 1. The Hall–Kier alpha value is -0.970. The first kappa shape index (κ1) is 8.13. The zero-order chi connectivity index (χ0) is 8.27. The lowest BCUT2D eigenvalue weighted by molar-refractivity contribution is 0.590. The molecule has 1 N–H and O–H groups in total. The van der Waals surface area contributed by atoms with Crippen molar-refractivity contribution in [1.29, 1.82) is 0 Å². The molecule has 0 amide bonds. The lowest BCUT2D eigenvalue weighted by Gasteiger charge is -2.06. The summed E-state index contributed by atoms with van der Waals surface area (Å²) in [5.74, 6) is 1.28. The molecule has 0 radical (unpaired) electrons. The first-order chi connectivity index (χ1) is 5.25. The molecule has 62 valence electrons. The van der Waals surface area contributed by atoms with Gasteiger partial charge in [-0.1, -0.05) is 6.92 Å². The third-order valence-electron chi connectivity index (χ3n) is 1.60. The van der Waals surface area contributed by atoms with E-state index in [1.54, 1.807) is 4.68 Å². The van der Waals surface area contributed by atoms with Gasteiger partial charge in [0.05, 0.1) is 0 Å². The zero-order valence-electron chi connectivity index (χ0n) is 7.07. The molecule has 1 unspecified atom stereocenters. The molecule has 0 aliphatic rings. The van der Waals surface area contributed by atoms with Crippen LogP contribution >= 0.6 is 0 Å². The van der Waals surface area contributed by atoms with E-state index in [0.29, 0.717) is 5.92 Å². The lowest BCUT2D eigenvalue weighted by atomic mass is 10.2. The maximum absolute atomic E-state index is 3.90. The highest BCUT2D eigenvalue weighted by atomic mass is 15.5. The van der Waals surface area contributed by atoms with Crippen molar-refractivity contribution in [3.05, 3.63) is 5.82 Å². The van der Waals surface area contributed by atoms with E-state index < -0.39 is 0 Å². The number of likely N-dealkylation sites (N-methyl/N-ethyl adjacent to an activating group) is 1. The smallest absolute Gasteiger partial charge is 0.154 e. The van der Waals surface area contributed by atoms with Crippen LogP contribution in [0, 0.1) is 0 Å². The number of hydrogen-bond acceptors (Lipinski definition) is 4. The highest BCUT2D eigenvalue weighted by Gasteiger charge is 2.10. The Balaban J connectivity index is 2.67. The van der Waals surface area contributed by atoms with Crippen LogP contribution in [0.3, 0.4) is 0 Å². The Labute approximate surface area is 65.8 Å². The topological polar surface area (TPSA) is 55.6 Å². The number of rotatable bonds is 3. The molecule has 0 saturated heterocycles. The fourth-order valence-electron chi connectivity index (χ4n) is 1.05. The second-order valence-corrected chi connectivity index (χ2v) is 2.62. The van der Waals surface area contributed by atoms with Crippen molar-refractivity contribution in [3.63, 3.8) is 0 Å². The van der Waals surface area contributed by atoms with Gasteiger partial charge in [0.25, 0.3) is 0 Å². The van der Waals surface area contributed by atoms with Gasteiger partial charge >= 0.3 is 0 Å². The first-order valence-corrected chi connectivity index (χ1v) is 3.62. The van der Waals surface area contributed by atoms with Gasteiger partial charge in [0.1, 0.15) is 0 Å². The molecule has 0 aromatic carbocycles. The summed E-state index contributed by atoms with van der Waals surface area (Å²) in [4.78, 5) is 0. The summed E-state index contributed by atoms with van der Waals surface area (Å²) >= 11 is 0. The second-order valence-electron chi connectivity index (χ2n) is 2.62. The largest absolute Gasteiger partial charge is 0.319 e. The van der Waals surface area contributed by atoms with E-state index >= 15 is 0 Å². The molecular formula is C6H13N5. The second kappa shape index (κ2) is 3.43. The molecule has 11 heavy (non-hydrogen) atoms. The average molecular weight is 155 g/mol. The molecule has 1 aromatic heterocycles. The number of hydrogen-bond donors (Lipinski definition) is 1. The van der Waals surface area contributed by atoms with Crippen LogP contribution in [0.4, 0.5) is 0 Å². The summed E-state index contributed by atoms with van der Waals surface area (Å²) in [5, 5.41) is 14.3. The van der Waals surface area contributed by atoms with Gasteiger partial charge in [-0.25, -0.2) is 4.68 Å². The van der Waals surface area contributed by atoms with Gasteiger partial charge in [-0.3, -0.25) is 0 Å². The third kappa shape index (κ3) is 1.74. The van der Waals surface area contributed by atoms with E-state index in [-0.39, 0.29) is 0 Å². The molecule has 5 heteroatoms. The molecule has 0 fully saturated rings. The maximum Gasteiger partial charge on any atom is 0.154 e. The molecular weight excluding hydrogens is 142 g/mol. The van der Waals surface area contributed by atoms with Crippen molar-refractivity contribution in [2.45, 2.75) is 12.8 Å². The standard InChI is InChI=1S/C6H13N5/c1-5(4-7-2)6-8-9-10-11(6)3/h5,7H,4H2,1-3H3. The van der Waals surface area contributed by atoms with Gasteiger partial charge in [-0.15, -0.1) is 5.10 Å². The summed E-state index contributed by atoms with van der Waals surface area (Å²) in [6, 6.07) is 0. The quantitative estimate of drug-likeness (QED) is 0.641. The maximum atomic E-state index is 3.90. The molecule has 0 aliphatic heterocycles. The summed E-state index contributed by atoms with van der Waals surface area (Å²) in [6.45, 7) is 2.98. The van der Waals surface area contributed by atoms with Crippen molar-refractivity contribution in [2.24, 2.45) is 7.05 Å². The SMILES string of the molecule is CNCC(C)c1nnnn1C. The Morgan fingerprint density at radius 1 is 1.64 bits per heavy atom. The van der Waals surface area contributed by atoms with Gasteiger partial charge in [0.2, 0.25) is 0 Å². The van der Waals surface area contributed by atoms with Gasteiger partial charge in [0, 0.05) is 19.5 Å². The van der Waals surface area contributed by atoms with Crippen molar-refractivity contribution < 1.29 is 0 Å². The van der Waals surface area contributed by atoms with E-state index in [1.807, 2.05) is 14.1 Å². The highest BCUT2D eigenvalue weighted by molar-refractivity contribution is 4.90. The molecule has 0 saturated carbocycles. The highest BCUT2D eigenvalue weighted by Crippen LogP contribution is 2.07. The van der Waals surface area contributed by atoms with Crippen LogP contribution in [0.1, 0.15) is 18.7 Å². The molecule has 1 heterocycles. The van der Waals surface area contributed by atoms with Crippen molar-refractivity contribution in [2.75, 3.05) is 13.6 Å². The first-order valence-electron chi connectivity index (χ1n) is 3.62. The van der Waals surface area contributed by atoms with Crippen LogP contribution in [0.5, 0.6) is 0 Å². The Morgan fingerprint density at radius 2 is 2.36 bits per heavy atom. The van der Waals surface area contributed by atoms with Crippen LogP contribution < -0.4 is 5.32 Å². The molecule has 0 bridgehead atoms. The van der Waals surface area contributed by atoms with Crippen molar-refractivity contribution in [3.8, 4) is 0 Å². The molecule has 0 aliphatic carbocycles. The third-order valence-corrected chi connectivity index (χ3v) is 1.60. The number of nitrogens with zero attached hydrogens (tertiary/aromatic N) is 4. The minimum atomic E-state index is 0.361. The minimum Gasteiger partial charge on any atom is -0.319 e. The molecule has 1 aromatic rings. The molecule has 1 atom stereocenters. The fraction of sp³-hybridized carbons (Fsp3) is 0.833. The number of aromatic nitrogens is 4. The molecule has 0 spiro atoms. The van der Waals surface area contributed by atoms with Crippen LogP contribution in [0.15, 0.2) is 0 Å². The number of aryl methyl sites for hydroxylation is 1. The number of tetrazole rings is 1. The van der Waals surface area contributed by atoms with E-state index in [2.05, 4.69) is 27.8 Å². The van der Waals surface area contributed by atoms with Gasteiger partial charge in [0.15, 0.2) is 5.82 Å². The van der Waals surface area contributed by atoms with Crippen molar-refractivity contribution >= 4 is 0 Å². The van der Waals surface area contributed by atoms with Crippen molar-refractivity contribution in [1.82, 2.24) is 25.5 Å². The van der Waals surface area contributed by atoms with E-state index in [9.17, 15) is 0 Å². The summed E-state index contributed by atoms with van der Waals surface area (Å²) in [7, 11) is 3.77. The van der Waals surface area contributed by atoms with Crippen LogP contribution in [0.25, 0.3) is 0 Å². The summed E-state index contributed by atoms with van der Waals surface area (Å²) in [5.41, 5.74) is 0. The summed E-state index contributed by atoms with van der Waals surface area (Å²) < 4.78 is 1.70. The van der Waals surface area contributed by atoms with Gasteiger partial charge in [-0.05, 0) is 17.5 Å². The normalized spacial score (nSPS) is 13.4. The molecule has 5 nitrogen and oxygen atoms in total. The fourth-order valence-corrected chi connectivity index (χ4v) is 1.05. The van der Waals surface area contributed by atoms with Gasteiger partial charge in [-0.2, -0.15) is 0 Å². The van der Waals surface area contributed by atoms with Crippen LogP contribution in [-0.4, -0.2) is 33.8 Å². The predicted octanol–water partition coefficient (Wildman–Crippen LogP) is -0.467. The van der Waals surface area contributed by atoms with E-state index in [0.717, 1.165) is 12.4 Å².